The Balaban J connectivity index is 0.000000295. The van der Waals surface area contributed by atoms with Crippen molar-refractivity contribution in [2.45, 2.75) is 51.9 Å². The molecule has 0 amide bonds. The Morgan fingerprint density at radius 1 is 1.04 bits per heavy atom. The minimum atomic E-state index is 0. The standard InChI is InChI=1S/C15H19O.C7H7O.Fe/c16-15(14-10-6-7-11-14)12-13-8-4-2-1-3-5-9-13;1-6(8)7-4-2-3-5-7;/h6-8,10-11H,1-5,9,12H2;2-5H,1H3;/q-5;-1;. The van der Waals surface area contributed by atoms with Crippen molar-refractivity contribution in [2.75, 3.05) is 0 Å². The number of ketones is 2. The zero-order valence-electron chi connectivity index (χ0n) is 14.8. The third-order valence-electron chi connectivity index (χ3n) is 4.33. The summed E-state index contributed by atoms with van der Waals surface area (Å²) in [6, 6.07) is 15.0. The van der Waals surface area contributed by atoms with E-state index >= 15 is 0 Å². The normalized spacial score (nSPS) is 14.0. The van der Waals surface area contributed by atoms with E-state index in [0.29, 0.717) is 6.42 Å². The van der Waals surface area contributed by atoms with Crippen molar-refractivity contribution < 1.29 is 26.7 Å². The van der Waals surface area contributed by atoms with Crippen LogP contribution in [-0.4, -0.2) is 11.6 Å². The molecule has 1 aliphatic carbocycles. The molecule has 0 saturated heterocycles. The van der Waals surface area contributed by atoms with Crippen LogP contribution < -0.4 is 0 Å². The molecular weight excluding hydrogens is 352 g/mol. The third kappa shape index (κ3) is 7.81. The molecule has 0 bridgehead atoms. The first-order valence-corrected chi connectivity index (χ1v) is 8.82. The minimum absolute atomic E-state index is 0. The summed E-state index contributed by atoms with van der Waals surface area (Å²) in [5.41, 5.74) is 3.01. The maximum absolute atomic E-state index is 11.9. The van der Waals surface area contributed by atoms with E-state index in [1.54, 1.807) is 6.92 Å². The molecule has 2 nitrogen and oxygen atoms in total. The van der Waals surface area contributed by atoms with Gasteiger partial charge in [-0.2, -0.15) is 12.1 Å². The summed E-state index contributed by atoms with van der Waals surface area (Å²) in [7, 11) is 0. The summed E-state index contributed by atoms with van der Waals surface area (Å²) in [4.78, 5) is 22.4. The van der Waals surface area contributed by atoms with Gasteiger partial charge in [0.15, 0.2) is 0 Å². The van der Waals surface area contributed by atoms with Gasteiger partial charge in [-0.1, -0.05) is 30.1 Å². The van der Waals surface area contributed by atoms with Gasteiger partial charge in [0, 0.05) is 17.1 Å². The van der Waals surface area contributed by atoms with Gasteiger partial charge < -0.3 is 39.4 Å². The minimum Gasteiger partial charge on any atom is -0.718 e. The second-order valence-electron chi connectivity index (χ2n) is 6.32. The zero-order valence-corrected chi connectivity index (χ0v) is 15.9. The fraction of sp³-hybridized carbons (Fsp3) is 0.364. The Morgan fingerprint density at radius 2 is 1.68 bits per heavy atom. The Hall–Kier alpha value is -1.70. The van der Waals surface area contributed by atoms with Crippen molar-refractivity contribution in [3.05, 3.63) is 71.3 Å². The molecule has 0 unspecified atom stereocenters. The van der Waals surface area contributed by atoms with Gasteiger partial charge in [0.2, 0.25) is 0 Å². The maximum Gasteiger partial charge on any atom is 0.105 e. The summed E-state index contributed by atoms with van der Waals surface area (Å²) < 4.78 is 0. The zero-order chi connectivity index (χ0) is 17.2. The summed E-state index contributed by atoms with van der Waals surface area (Å²) in [6.07, 6.45) is 10.4. The van der Waals surface area contributed by atoms with Crippen LogP contribution in [0.3, 0.4) is 0 Å². The van der Waals surface area contributed by atoms with E-state index in [-0.39, 0.29) is 28.6 Å². The monoisotopic (exact) mass is 378 g/mol. The van der Waals surface area contributed by atoms with Crippen LogP contribution in [0.5, 0.6) is 0 Å². The van der Waals surface area contributed by atoms with Crippen molar-refractivity contribution in [3.8, 4) is 0 Å². The van der Waals surface area contributed by atoms with Gasteiger partial charge in [0.05, 0.1) is 0 Å². The van der Waals surface area contributed by atoms with Crippen LogP contribution in [0.4, 0.5) is 0 Å². The number of hydrogen-bond donors (Lipinski definition) is 0. The molecule has 0 aliphatic heterocycles. The average molecular weight is 378 g/mol. The Kier molecular flexibility index (Phi) is 10.1. The molecule has 0 heterocycles. The molecule has 0 fully saturated rings. The fourth-order valence-corrected chi connectivity index (χ4v) is 2.90. The Labute approximate surface area is 161 Å². The van der Waals surface area contributed by atoms with Gasteiger partial charge >= 0.3 is 0 Å². The number of Topliss-reactive ketones (excluding diaryl/α,β-unsaturated/α-hetero) is 2. The number of carbonyl (C=O) groups excluding carboxylic acids is 2. The molecule has 0 radical (unpaired) electrons. The first kappa shape index (κ1) is 21.3. The molecule has 0 saturated carbocycles. The van der Waals surface area contributed by atoms with Crippen LogP contribution in [0.1, 0.15) is 72.6 Å². The first-order valence-electron chi connectivity index (χ1n) is 8.82. The molecule has 3 heteroatoms. The quantitative estimate of drug-likeness (QED) is 0.289. The summed E-state index contributed by atoms with van der Waals surface area (Å²) >= 11 is 0. The molecule has 0 spiro atoms. The van der Waals surface area contributed by atoms with Crippen molar-refractivity contribution in [3.63, 3.8) is 0 Å². The molecule has 0 N–H and O–H groups in total. The van der Waals surface area contributed by atoms with Crippen molar-refractivity contribution in [2.24, 2.45) is 0 Å². The van der Waals surface area contributed by atoms with Crippen LogP contribution >= 0.6 is 0 Å². The second-order valence-corrected chi connectivity index (χ2v) is 6.32. The predicted octanol–water partition coefficient (Wildman–Crippen LogP) is 5.86. The molecule has 3 rings (SSSR count). The average Bonchev–Trinajstić information content (AvgIpc) is 3.23. The summed E-state index contributed by atoms with van der Waals surface area (Å²) in [5.74, 6) is 0.409. The van der Waals surface area contributed by atoms with Gasteiger partial charge in [-0.3, -0.25) is 5.78 Å². The number of carbonyl (C=O) groups is 2. The fourth-order valence-electron chi connectivity index (χ4n) is 2.90. The third-order valence-corrected chi connectivity index (χ3v) is 4.33. The van der Waals surface area contributed by atoms with E-state index in [1.165, 1.54) is 31.3 Å². The summed E-state index contributed by atoms with van der Waals surface area (Å²) in [6.45, 7) is 1.56. The Morgan fingerprint density at radius 3 is 2.28 bits per heavy atom. The molecular formula is C22H26FeO2-6. The van der Waals surface area contributed by atoms with Crippen LogP contribution in [0, 0.1) is 0 Å². The van der Waals surface area contributed by atoms with Gasteiger partial charge in [-0.15, -0.1) is 6.42 Å². The molecule has 1 aliphatic rings. The van der Waals surface area contributed by atoms with Gasteiger partial charge in [-0.05, 0) is 32.6 Å². The van der Waals surface area contributed by atoms with E-state index in [9.17, 15) is 9.59 Å². The molecule has 140 valence electrons. The number of rotatable bonds is 4. The molecule has 25 heavy (non-hydrogen) atoms. The van der Waals surface area contributed by atoms with Crippen molar-refractivity contribution in [1.29, 1.82) is 0 Å². The van der Waals surface area contributed by atoms with Crippen molar-refractivity contribution in [1.82, 2.24) is 0 Å². The number of hydrogen-bond acceptors (Lipinski definition) is 2. The first-order chi connectivity index (χ1) is 11.7. The van der Waals surface area contributed by atoms with E-state index < -0.39 is 0 Å². The largest absolute Gasteiger partial charge is 0.718 e. The number of allylic oxidation sites excluding steroid dienone is 2. The molecule has 0 aromatic heterocycles. The van der Waals surface area contributed by atoms with E-state index in [2.05, 4.69) is 6.08 Å². The van der Waals surface area contributed by atoms with Crippen molar-refractivity contribution >= 4 is 11.6 Å². The van der Waals surface area contributed by atoms with Crippen LogP contribution in [0.15, 0.2) is 60.2 Å². The summed E-state index contributed by atoms with van der Waals surface area (Å²) in [5, 5.41) is 0. The Bertz CT molecular complexity index is 648. The molecule has 0 atom stereocenters. The van der Waals surface area contributed by atoms with E-state index in [1.807, 2.05) is 48.5 Å². The maximum atomic E-state index is 11.9. The van der Waals surface area contributed by atoms with Crippen LogP contribution in [0.2, 0.25) is 0 Å². The van der Waals surface area contributed by atoms with E-state index in [4.69, 9.17) is 0 Å². The second kappa shape index (κ2) is 11.8. The molecule has 2 aromatic rings. The topological polar surface area (TPSA) is 34.1 Å². The smallest absolute Gasteiger partial charge is 0.105 e. The SMILES string of the molecule is CC(=O)[c-]1cccc1.O=C(CC1=CCCCCCC1)[c-]1[cH-][cH-][cH-][cH-]1.[Fe]. The van der Waals surface area contributed by atoms with Crippen LogP contribution in [-0.2, 0) is 17.1 Å². The van der Waals surface area contributed by atoms with E-state index in [0.717, 1.165) is 24.0 Å². The predicted molar refractivity (Wildman–Crippen MR) is 98.8 cm³/mol. The van der Waals surface area contributed by atoms with Crippen LogP contribution in [0.25, 0.3) is 0 Å². The van der Waals surface area contributed by atoms with Gasteiger partial charge in [-0.25, -0.2) is 12.1 Å². The van der Waals surface area contributed by atoms with Gasteiger partial charge in [0.25, 0.3) is 0 Å². The molecule has 2 aromatic carbocycles. The van der Waals surface area contributed by atoms with Gasteiger partial charge in [0.1, 0.15) is 5.78 Å².